The molecule has 0 saturated carbocycles. The number of hydrogen-bond acceptors (Lipinski definition) is 5. The molecule has 0 radical (unpaired) electrons. The Morgan fingerprint density at radius 3 is 2.41 bits per heavy atom. The van der Waals surface area contributed by atoms with Crippen LogP contribution in [0.25, 0.3) is 11.4 Å². The molecule has 0 aliphatic rings. The van der Waals surface area contributed by atoms with Gasteiger partial charge in [0, 0.05) is 17.6 Å². The van der Waals surface area contributed by atoms with Gasteiger partial charge in [0.25, 0.3) is 5.91 Å². The fraction of sp³-hybridized carbons (Fsp3) is 0.286. The van der Waals surface area contributed by atoms with Crippen molar-refractivity contribution in [2.24, 2.45) is 12.8 Å². The largest absolute Gasteiger partial charge is 0.497 e. The van der Waals surface area contributed by atoms with Crippen LogP contribution in [-0.2, 0) is 18.8 Å². The van der Waals surface area contributed by atoms with Crippen molar-refractivity contribution in [3.63, 3.8) is 0 Å². The molecular formula is C21H20ClF3N4O3. The number of rotatable bonds is 6. The summed E-state index contributed by atoms with van der Waals surface area (Å²) in [7, 11) is 2.81. The number of nitrogens with two attached hydrogens (primary N) is 1. The van der Waals surface area contributed by atoms with E-state index in [0.29, 0.717) is 5.02 Å². The first kappa shape index (κ1) is 23.4. The van der Waals surface area contributed by atoms with Gasteiger partial charge in [0.15, 0.2) is 17.2 Å². The van der Waals surface area contributed by atoms with Gasteiger partial charge in [-0.25, -0.2) is 0 Å². The lowest BCUT2D eigenvalue weighted by molar-refractivity contribution is -0.137. The van der Waals surface area contributed by atoms with E-state index in [4.69, 9.17) is 26.8 Å². The van der Waals surface area contributed by atoms with E-state index >= 15 is 0 Å². The number of amides is 1. The zero-order valence-corrected chi connectivity index (χ0v) is 18.4. The minimum Gasteiger partial charge on any atom is -0.497 e. The first-order valence-corrected chi connectivity index (χ1v) is 9.67. The number of methoxy groups -OCH3 is 1. The summed E-state index contributed by atoms with van der Waals surface area (Å²) in [5.74, 6) is -0.324. The number of primary amides is 1. The molecular weight excluding hydrogens is 449 g/mol. The predicted octanol–water partition coefficient (Wildman–Crippen LogP) is 4.58. The molecule has 0 aliphatic heterocycles. The third kappa shape index (κ3) is 4.50. The van der Waals surface area contributed by atoms with Crippen molar-refractivity contribution >= 4 is 17.5 Å². The Morgan fingerprint density at radius 1 is 1.12 bits per heavy atom. The van der Waals surface area contributed by atoms with E-state index in [1.165, 1.54) is 49.1 Å². The molecule has 32 heavy (non-hydrogen) atoms. The lowest BCUT2D eigenvalue weighted by atomic mass is 10.0. The molecule has 0 spiro atoms. The predicted molar refractivity (Wildman–Crippen MR) is 112 cm³/mol. The number of hydrogen-bond donors (Lipinski definition) is 1. The highest BCUT2D eigenvalue weighted by Crippen LogP contribution is 2.39. The van der Waals surface area contributed by atoms with Crippen LogP contribution >= 0.6 is 11.6 Å². The number of ether oxygens (including phenoxy) is 2. The van der Waals surface area contributed by atoms with E-state index in [2.05, 4.69) is 10.2 Å². The van der Waals surface area contributed by atoms with Gasteiger partial charge in [0.05, 0.1) is 18.2 Å². The van der Waals surface area contributed by atoms with Crippen LogP contribution in [0, 0.1) is 0 Å². The van der Waals surface area contributed by atoms with E-state index in [-0.39, 0.29) is 34.3 Å². The first-order chi connectivity index (χ1) is 14.8. The number of nitrogens with zero attached hydrogens (tertiary/aromatic N) is 3. The monoisotopic (exact) mass is 468 g/mol. The third-order valence-corrected chi connectivity index (χ3v) is 4.99. The molecule has 1 aromatic heterocycles. The van der Waals surface area contributed by atoms with E-state index in [9.17, 15) is 18.0 Å². The van der Waals surface area contributed by atoms with Gasteiger partial charge in [0.2, 0.25) is 0 Å². The molecule has 0 fully saturated rings. The van der Waals surface area contributed by atoms with Gasteiger partial charge in [-0.3, -0.25) is 4.79 Å². The van der Waals surface area contributed by atoms with Crippen LogP contribution in [0.2, 0.25) is 5.02 Å². The van der Waals surface area contributed by atoms with Crippen molar-refractivity contribution in [1.29, 1.82) is 0 Å². The maximum absolute atomic E-state index is 13.7. The van der Waals surface area contributed by atoms with Gasteiger partial charge in [0.1, 0.15) is 11.5 Å². The van der Waals surface area contributed by atoms with Crippen LogP contribution < -0.4 is 15.2 Å². The van der Waals surface area contributed by atoms with Gasteiger partial charge >= 0.3 is 6.18 Å². The number of aromatic nitrogens is 3. The summed E-state index contributed by atoms with van der Waals surface area (Å²) in [6, 6.07) is 7.95. The van der Waals surface area contributed by atoms with Crippen molar-refractivity contribution in [1.82, 2.24) is 14.8 Å². The standard InChI is InChI=1S/C21H20ClF3N4O3/c1-20(2,32-16-8-5-11(22)9-14(16)17(26)30)19-28-27-18(29(19)3)13-7-6-12(31-4)10-15(13)21(23,24)25/h5-10H,1-4H3,(H2,26,30). The lowest BCUT2D eigenvalue weighted by Gasteiger charge is -2.26. The third-order valence-electron chi connectivity index (χ3n) is 4.76. The summed E-state index contributed by atoms with van der Waals surface area (Å²) in [6.07, 6.45) is -4.64. The van der Waals surface area contributed by atoms with E-state index in [0.717, 1.165) is 6.07 Å². The fourth-order valence-electron chi connectivity index (χ4n) is 3.27. The van der Waals surface area contributed by atoms with Crippen LogP contribution in [0.15, 0.2) is 36.4 Å². The van der Waals surface area contributed by atoms with Crippen molar-refractivity contribution in [3.05, 3.63) is 58.4 Å². The highest BCUT2D eigenvalue weighted by Gasteiger charge is 2.37. The van der Waals surface area contributed by atoms with E-state index in [1.54, 1.807) is 13.8 Å². The average molecular weight is 469 g/mol. The minimum atomic E-state index is -4.64. The summed E-state index contributed by atoms with van der Waals surface area (Å²) in [6.45, 7) is 3.28. The summed E-state index contributed by atoms with van der Waals surface area (Å²) >= 11 is 5.93. The van der Waals surface area contributed by atoms with Gasteiger partial charge in [-0.1, -0.05) is 11.6 Å². The molecule has 0 unspecified atom stereocenters. The molecule has 1 heterocycles. The molecule has 0 bridgehead atoms. The Morgan fingerprint density at radius 2 is 1.81 bits per heavy atom. The number of benzene rings is 2. The first-order valence-electron chi connectivity index (χ1n) is 9.29. The van der Waals surface area contributed by atoms with Crippen LogP contribution in [0.3, 0.4) is 0 Å². The lowest BCUT2D eigenvalue weighted by Crippen LogP contribution is -2.30. The molecule has 0 atom stereocenters. The van der Waals surface area contributed by atoms with E-state index < -0.39 is 23.2 Å². The van der Waals surface area contributed by atoms with Crippen LogP contribution in [0.5, 0.6) is 11.5 Å². The van der Waals surface area contributed by atoms with Crippen molar-refractivity contribution in [3.8, 4) is 22.9 Å². The van der Waals surface area contributed by atoms with Gasteiger partial charge < -0.3 is 19.8 Å². The SMILES string of the molecule is COc1ccc(-c2nnc(C(C)(C)Oc3ccc(Cl)cc3C(N)=O)n2C)c(C(F)(F)F)c1. The molecule has 0 saturated heterocycles. The second-order valence-corrected chi connectivity index (χ2v) is 7.87. The molecule has 3 aromatic rings. The summed E-state index contributed by atoms with van der Waals surface area (Å²) < 4.78 is 53.3. The zero-order valence-electron chi connectivity index (χ0n) is 17.6. The van der Waals surface area contributed by atoms with Crippen LogP contribution in [0.4, 0.5) is 13.2 Å². The molecule has 0 aliphatic carbocycles. The van der Waals surface area contributed by atoms with E-state index in [1.807, 2.05) is 0 Å². The molecule has 3 rings (SSSR count). The van der Waals surface area contributed by atoms with Crippen molar-refractivity contribution in [2.45, 2.75) is 25.6 Å². The molecule has 1 amide bonds. The number of carbonyl (C=O) groups excluding carboxylic acids is 1. The molecule has 2 aromatic carbocycles. The summed E-state index contributed by atoms with van der Waals surface area (Å²) in [4.78, 5) is 11.8. The maximum Gasteiger partial charge on any atom is 0.417 e. The van der Waals surface area contributed by atoms with Gasteiger partial charge in [-0.05, 0) is 50.2 Å². The molecule has 2 N–H and O–H groups in total. The molecule has 170 valence electrons. The quantitative estimate of drug-likeness (QED) is 0.572. The van der Waals surface area contributed by atoms with Crippen molar-refractivity contribution < 1.29 is 27.4 Å². The Labute approximate surface area is 186 Å². The second kappa shape index (κ2) is 8.34. The molecule has 7 nitrogen and oxygen atoms in total. The Bertz CT molecular complexity index is 1180. The maximum atomic E-state index is 13.7. The smallest absolute Gasteiger partial charge is 0.417 e. The highest BCUT2D eigenvalue weighted by atomic mass is 35.5. The molecule has 11 heteroatoms. The summed E-state index contributed by atoms with van der Waals surface area (Å²) in [5, 5.41) is 8.33. The van der Waals surface area contributed by atoms with Gasteiger partial charge in [-0.2, -0.15) is 13.2 Å². The Kier molecular flexibility index (Phi) is 6.10. The van der Waals surface area contributed by atoms with Crippen LogP contribution in [-0.4, -0.2) is 27.8 Å². The van der Waals surface area contributed by atoms with Gasteiger partial charge in [-0.15, -0.1) is 10.2 Å². The number of halogens is 4. The topological polar surface area (TPSA) is 92.3 Å². The normalized spacial score (nSPS) is 12.0. The zero-order chi connectivity index (χ0) is 23.8. The number of alkyl halides is 3. The Balaban J connectivity index is 2.06. The van der Waals surface area contributed by atoms with Crippen LogP contribution in [0.1, 0.15) is 35.6 Å². The number of carbonyl (C=O) groups is 1. The summed E-state index contributed by atoms with van der Waals surface area (Å²) in [5.41, 5.74) is 3.19. The average Bonchev–Trinajstić information content (AvgIpc) is 3.10. The Hall–Kier alpha value is -3.27. The highest BCUT2D eigenvalue weighted by molar-refractivity contribution is 6.31. The van der Waals surface area contributed by atoms with Crippen molar-refractivity contribution in [2.75, 3.05) is 7.11 Å². The fourth-order valence-corrected chi connectivity index (χ4v) is 3.44. The second-order valence-electron chi connectivity index (χ2n) is 7.43. The minimum absolute atomic E-state index is 0.0158.